The van der Waals surface area contributed by atoms with Crippen LogP contribution in [-0.4, -0.2) is 31.7 Å². The van der Waals surface area contributed by atoms with Crippen molar-refractivity contribution >= 4 is 22.4 Å². The Bertz CT molecular complexity index is 699. The normalized spacial score (nSPS) is 11.0. The monoisotopic (exact) mass is 347 g/mol. The second-order valence-electron chi connectivity index (χ2n) is 5.02. The zero-order chi connectivity index (χ0) is 17.4. The van der Waals surface area contributed by atoms with Gasteiger partial charge in [0, 0.05) is 29.9 Å². The topological polar surface area (TPSA) is 72.5 Å². The molecule has 2 N–H and O–H groups in total. The number of rotatable bonds is 8. The van der Waals surface area contributed by atoms with Crippen LogP contribution in [0.1, 0.15) is 12.5 Å². The van der Waals surface area contributed by atoms with Gasteiger partial charge in [-0.3, -0.25) is 10.1 Å². The molecule has 0 bridgehead atoms. The van der Waals surface area contributed by atoms with Crippen LogP contribution in [-0.2, 0) is 11.2 Å². The lowest BCUT2D eigenvalue weighted by Gasteiger charge is -2.10. The molecule has 0 spiro atoms. The van der Waals surface area contributed by atoms with Crippen LogP contribution in [0.2, 0.25) is 0 Å². The van der Waals surface area contributed by atoms with Crippen LogP contribution >= 0.6 is 11.3 Å². The van der Waals surface area contributed by atoms with E-state index in [9.17, 15) is 4.79 Å². The molecule has 24 heavy (non-hydrogen) atoms. The number of nitrogens with zero attached hydrogens (tertiary/aromatic N) is 1. The number of carbonyl (C=O) groups excluding carboxylic acids is 1. The number of anilines is 1. The van der Waals surface area contributed by atoms with E-state index in [1.54, 1.807) is 20.4 Å². The van der Waals surface area contributed by atoms with E-state index in [1.165, 1.54) is 17.4 Å². The maximum Gasteiger partial charge on any atom is 0.251 e. The Morgan fingerprint density at radius 1 is 1.29 bits per heavy atom. The van der Waals surface area contributed by atoms with E-state index in [-0.39, 0.29) is 5.91 Å². The van der Waals surface area contributed by atoms with Gasteiger partial charge in [0.2, 0.25) is 0 Å². The summed E-state index contributed by atoms with van der Waals surface area (Å²) >= 11 is 1.39. The lowest BCUT2D eigenvalue weighted by Crippen LogP contribution is -2.18. The first-order valence-corrected chi connectivity index (χ1v) is 8.34. The van der Waals surface area contributed by atoms with E-state index < -0.39 is 0 Å². The Balaban J connectivity index is 1.82. The molecule has 128 valence electrons. The summed E-state index contributed by atoms with van der Waals surface area (Å²) in [6, 6.07) is 5.84. The number of hydrogen-bond acceptors (Lipinski definition) is 6. The van der Waals surface area contributed by atoms with Crippen molar-refractivity contribution in [3.63, 3.8) is 0 Å². The zero-order valence-corrected chi connectivity index (χ0v) is 14.8. The molecule has 1 aromatic carbocycles. The highest BCUT2D eigenvalue weighted by atomic mass is 32.1. The molecule has 1 amide bonds. The lowest BCUT2D eigenvalue weighted by atomic mass is 10.1. The summed E-state index contributed by atoms with van der Waals surface area (Å²) in [5.41, 5.74) is 1.92. The second-order valence-corrected chi connectivity index (χ2v) is 5.91. The third-order valence-electron chi connectivity index (χ3n) is 3.28. The Kier molecular flexibility index (Phi) is 6.62. The zero-order valence-electron chi connectivity index (χ0n) is 14.0. The highest BCUT2D eigenvalue weighted by Crippen LogP contribution is 2.27. The van der Waals surface area contributed by atoms with E-state index in [0.717, 1.165) is 17.7 Å². The summed E-state index contributed by atoms with van der Waals surface area (Å²) in [6.45, 7) is 2.57. The number of aromatic nitrogens is 1. The van der Waals surface area contributed by atoms with Gasteiger partial charge in [0.15, 0.2) is 16.6 Å². The third kappa shape index (κ3) is 5.27. The first-order chi connectivity index (χ1) is 11.6. The molecule has 1 aromatic heterocycles. The molecule has 0 fully saturated rings. The molecule has 0 saturated heterocycles. The third-order valence-corrected chi connectivity index (χ3v) is 3.96. The number of ether oxygens (including phenoxy) is 2. The highest BCUT2D eigenvalue weighted by Gasteiger charge is 2.05. The number of methoxy groups -OCH3 is 2. The molecule has 0 unspecified atom stereocenters. The fourth-order valence-corrected chi connectivity index (χ4v) is 2.65. The van der Waals surface area contributed by atoms with Gasteiger partial charge >= 0.3 is 0 Å². The van der Waals surface area contributed by atoms with Gasteiger partial charge in [-0.1, -0.05) is 6.07 Å². The van der Waals surface area contributed by atoms with E-state index in [0.29, 0.717) is 23.2 Å². The minimum atomic E-state index is -0.193. The van der Waals surface area contributed by atoms with Gasteiger partial charge in [-0.05, 0) is 31.0 Å². The van der Waals surface area contributed by atoms with Gasteiger partial charge in [0.25, 0.3) is 5.91 Å². The average Bonchev–Trinajstić information content (AvgIpc) is 3.07. The predicted molar refractivity (Wildman–Crippen MR) is 95.8 cm³/mol. The summed E-state index contributed by atoms with van der Waals surface area (Å²) in [5.74, 6) is 1.23. The molecule has 0 atom stereocenters. The van der Waals surface area contributed by atoms with E-state index in [4.69, 9.17) is 9.47 Å². The largest absolute Gasteiger partial charge is 0.493 e. The van der Waals surface area contributed by atoms with E-state index in [2.05, 4.69) is 15.6 Å². The Morgan fingerprint density at radius 2 is 2.08 bits per heavy atom. The highest BCUT2D eigenvalue weighted by molar-refractivity contribution is 7.13. The van der Waals surface area contributed by atoms with Crippen molar-refractivity contribution in [2.45, 2.75) is 13.3 Å². The summed E-state index contributed by atoms with van der Waals surface area (Å²) in [6.07, 6.45) is 3.98. The quantitative estimate of drug-likeness (QED) is 0.719. The molecule has 0 aliphatic rings. The van der Waals surface area contributed by atoms with E-state index >= 15 is 0 Å². The molecule has 0 aliphatic heterocycles. The van der Waals surface area contributed by atoms with Gasteiger partial charge in [-0.25, -0.2) is 4.98 Å². The number of nitrogens with one attached hydrogen (secondary N) is 2. The summed E-state index contributed by atoms with van der Waals surface area (Å²) in [7, 11) is 3.23. The van der Waals surface area contributed by atoms with Crippen molar-refractivity contribution < 1.29 is 14.3 Å². The van der Waals surface area contributed by atoms with Crippen LogP contribution in [0.15, 0.2) is 41.5 Å². The summed E-state index contributed by atoms with van der Waals surface area (Å²) in [4.78, 5) is 15.8. The van der Waals surface area contributed by atoms with Crippen LogP contribution in [0.25, 0.3) is 0 Å². The van der Waals surface area contributed by atoms with Crippen molar-refractivity contribution in [3.05, 3.63) is 47.1 Å². The Morgan fingerprint density at radius 3 is 2.75 bits per heavy atom. The number of allylic oxidation sites excluding steroid dienone is 1. The molecule has 6 nitrogen and oxygen atoms in total. The molecule has 0 radical (unpaired) electrons. The standard InChI is InChI=1S/C17H21N3O3S/c1-12(10-16(21)20-17-19-8-9-24-17)18-7-6-13-4-5-14(22-2)15(11-13)23-3/h4-5,8-11,18H,6-7H2,1-3H3,(H,19,20,21)/b12-10-. The molecule has 2 rings (SSSR count). The number of amides is 1. The maximum atomic E-state index is 11.8. The Labute approximate surface area is 145 Å². The van der Waals surface area contributed by atoms with Gasteiger partial charge < -0.3 is 14.8 Å². The first-order valence-electron chi connectivity index (χ1n) is 7.46. The van der Waals surface area contributed by atoms with Crippen LogP contribution in [0, 0.1) is 0 Å². The van der Waals surface area contributed by atoms with Crippen molar-refractivity contribution in [1.82, 2.24) is 10.3 Å². The second kappa shape index (κ2) is 8.93. The predicted octanol–water partition coefficient (Wildman–Crippen LogP) is 2.83. The van der Waals surface area contributed by atoms with Crippen molar-refractivity contribution in [2.24, 2.45) is 0 Å². The van der Waals surface area contributed by atoms with Gasteiger partial charge in [-0.2, -0.15) is 0 Å². The minimum absolute atomic E-state index is 0.193. The minimum Gasteiger partial charge on any atom is -0.493 e. The van der Waals surface area contributed by atoms with Crippen LogP contribution in [0.4, 0.5) is 5.13 Å². The first kappa shape index (κ1) is 17.8. The van der Waals surface area contributed by atoms with Crippen LogP contribution in [0.3, 0.4) is 0 Å². The molecule has 7 heteroatoms. The molecule has 2 aromatic rings. The SMILES string of the molecule is COc1ccc(CCN/C(C)=C\C(=O)Nc2nccs2)cc1OC. The van der Waals surface area contributed by atoms with Gasteiger partial charge in [0.1, 0.15) is 0 Å². The average molecular weight is 347 g/mol. The molecule has 1 heterocycles. The van der Waals surface area contributed by atoms with E-state index in [1.807, 2.05) is 30.5 Å². The van der Waals surface area contributed by atoms with Gasteiger partial charge in [-0.15, -0.1) is 11.3 Å². The smallest absolute Gasteiger partial charge is 0.251 e. The number of benzene rings is 1. The Hall–Kier alpha value is -2.54. The molecule has 0 aliphatic carbocycles. The molecule has 0 saturated carbocycles. The fourth-order valence-electron chi connectivity index (χ4n) is 2.11. The molecular weight excluding hydrogens is 326 g/mol. The maximum absolute atomic E-state index is 11.8. The van der Waals surface area contributed by atoms with Crippen LogP contribution in [0.5, 0.6) is 11.5 Å². The number of carbonyl (C=O) groups is 1. The van der Waals surface area contributed by atoms with Gasteiger partial charge in [0.05, 0.1) is 14.2 Å². The van der Waals surface area contributed by atoms with Crippen LogP contribution < -0.4 is 20.1 Å². The summed E-state index contributed by atoms with van der Waals surface area (Å²) < 4.78 is 10.5. The lowest BCUT2D eigenvalue weighted by molar-refractivity contribution is -0.112. The molecular formula is C17H21N3O3S. The number of hydrogen-bond donors (Lipinski definition) is 2. The number of thiazole rings is 1. The van der Waals surface area contributed by atoms with Crippen molar-refractivity contribution in [2.75, 3.05) is 26.1 Å². The van der Waals surface area contributed by atoms with Crippen molar-refractivity contribution in [1.29, 1.82) is 0 Å². The van der Waals surface area contributed by atoms with Crippen molar-refractivity contribution in [3.8, 4) is 11.5 Å². The fraction of sp³-hybridized carbons (Fsp3) is 0.294. The summed E-state index contributed by atoms with van der Waals surface area (Å²) in [5, 5.41) is 8.33.